The van der Waals surface area contributed by atoms with Crippen LogP contribution in [0.15, 0.2) is 6.20 Å². The van der Waals surface area contributed by atoms with E-state index in [1.165, 1.54) is 37.0 Å². The Morgan fingerprint density at radius 3 is 2.92 bits per heavy atom. The Hall–Kier alpha value is -1.08. The minimum absolute atomic E-state index is 0.581. The fourth-order valence-corrected chi connectivity index (χ4v) is 2.33. The molecule has 1 aromatic heterocycles. The smallest absolute Gasteiger partial charge is 0.184 e. The molecule has 1 aliphatic rings. The molecule has 0 unspecified atom stereocenters. The molecular formula is C9H11N3S. The molecule has 68 valence electrons. The molecule has 4 heteroatoms. The van der Waals surface area contributed by atoms with Gasteiger partial charge >= 0.3 is 0 Å². The van der Waals surface area contributed by atoms with Crippen molar-refractivity contribution in [1.29, 1.82) is 5.26 Å². The summed E-state index contributed by atoms with van der Waals surface area (Å²) in [6.45, 7) is 0. The van der Waals surface area contributed by atoms with Crippen LogP contribution in [0.3, 0.4) is 0 Å². The third kappa shape index (κ3) is 1.99. The van der Waals surface area contributed by atoms with E-state index >= 15 is 0 Å². The van der Waals surface area contributed by atoms with Crippen LogP contribution in [-0.4, -0.2) is 11.0 Å². The number of nitriles is 1. The lowest BCUT2D eigenvalue weighted by atomic mass is 10.3. The quantitative estimate of drug-likeness (QED) is 0.784. The van der Waals surface area contributed by atoms with Gasteiger partial charge in [0.05, 0.1) is 6.20 Å². The number of anilines is 1. The van der Waals surface area contributed by atoms with E-state index in [-0.39, 0.29) is 0 Å². The van der Waals surface area contributed by atoms with E-state index in [1.807, 2.05) is 0 Å². The van der Waals surface area contributed by atoms with Gasteiger partial charge < -0.3 is 5.32 Å². The molecule has 0 atom stereocenters. The van der Waals surface area contributed by atoms with Gasteiger partial charge in [0.1, 0.15) is 10.9 Å². The Labute approximate surface area is 81.4 Å². The minimum Gasteiger partial charge on any atom is -0.359 e. The third-order valence-electron chi connectivity index (χ3n) is 2.30. The van der Waals surface area contributed by atoms with Crippen LogP contribution in [-0.2, 0) is 0 Å². The highest BCUT2D eigenvalue weighted by Gasteiger charge is 2.15. The average molecular weight is 193 g/mol. The van der Waals surface area contributed by atoms with Crippen molar-refractivity contribution in [3.05, 3.63) is 11.1 Å². The first-order valence-corrected chi connectivity index (χ1v) is 5.32. The molecule has 13 heavy (non-hydrogen) atoms. The number of hydrogen-bond donors (Lipinski definition) is 1. The molecule has 0 aliphatic heterocycles. The first kappa shape index (κ1) is 8.52. The van der Waals surface area contributed by atoms with Crippen LogP contribution in [0.2, 0.25) is 0 Å². The Bertz CT molecular complexity index is 320. The number of rotatable bonds is 2. The van der Waals surface area contributed by atoms with Gasteiger partial charge in [-0.25, -0.2) is 4.98 Å². The van der Waals surface area contributed by atoms with Crippen LogP contribution in [0.5, 0.6) is 0 Å². The van der Waals surface area contributed by atoms with Gasteiger partial charge in [-0.05, 0) is 12.8 Å². The fraction of sp³-hybridized carbons (Fsp3) is 0.556. The number of aromatic nitrogens is 1. The number of nitrogens with one attached hydrogen (secondary N) is 1. The van der Waals surface area contributed by atoms with Crippen LogP contribution in [0, 0.1) is 11.3 Å². The molecular weight excluding hydrogens is 182 g/mol. The summed E-state index contributed by atoms with van der Waals surface area (Å²) in [5.41, 5.74) is 0. The number of nitrogens with zero attached hydrogens (tertiary/aromatic N) is 2. The second kappa shape index (κ2) is 3.75. The van der Waals surface area contributed by atoms with Crippen molar-refractivity contribution >= 4 is 16.5 Å². The zero-order chi connectivity index (χ0) is 9.10. The van der Waals surface area contributed by atoms with Gasteiger partial charge in [0, 0.05) is 6.04 Å². The van der Waals surface area contributed by atoms with E-state index in [1.54, 1.807) is 6.20 Å². The second-order valence-corrected chi connectivity index (χ2v) is 4.30. The van der Waals surface area contributed by atoms with E-state index in [0.717, 1.165) is 5.13 Å². The summed E-state index contributed by atoms with van der Waals surface area (Å²) < 4.78 is 0. The maximum Gasteiger partial charge on any atom is 0.184 e. The van der Waals surface area contributed by atoms with E-state index in [4.69, 9.17) is 5.26 Å². The van der Waals surface area contributed by atoms with Gasteiger partial charge in [0.15, 0.2) is 5.13 Å². The summed E-state index contributed by atoms with van der Waals surface area (Å²) in [5, 5.41) is 12.8. The van der Waals surface area contributed by atoms with Crippen molar-refractivity contribution in [1.82, 2.24) is 4.98 Å². The summed E-state index contributed by atoms with van der Waals surface area (Å²) in [6, 6.07) is 2.67. The van der Waals surface area contributed by atoms with Crippen LogP contribution >= 0.6 is 11.3 Å². The molecule has 1 aliphatic carbocycles. The molecule has 0 radical (unpaired) electrons. The largest absolute Gasteiger partial charge is 0.359 e. The van der Waals surface area contributed by atoms with Crippen molar-refractivity contribution in [3.8, 4) is 6.07 Å². The average Bonchev–Trinajstić information content (AvgIpc) is 2.76. The highest BCUT2D eigenvalue weighted by molar-refractivity contribution is 7.16. The molecule has 0 amide bonds. The van der Waals surface area contributed by atoms with Gasteiger partial charge in [0.2, 0.25) is 0 Å². The van der Waals surface area contributed by atoms with Crippen molar-refractivity contribution in [2.45, 2.75) is 31.7 Å². The second-order valence-electron chi connectivity index (χ2n) is 3.27. The fourth-order valence-electron chi connectivity index (χ4n) is 1.64. The van der Waals surface area contributed by atoms with Crippen LogP contribution in [0.25, 0.3) is 0 Å². The lowest BCUT2D eigenvalue weighted by molar-refractivity contribution is 0.754. The van der Waals surface area contributed by atoms with E-state index < -0.39 is 0 Å². The van der Waals surface area contributed by atoms with E-state index in [2.05, 4.69) is 16.4 Å². The van der Waals surface area contributed by atoms with Gasteiger partial charge in [-0.15, -0.1) is 0 Å². The maximum atomic E-state index is 8.60. The molecule has 0 spiro atoms. The highest BCUT2D eigenvalue weighted by Crippen LogP contribution is 2.24. The van der Waals surface area contributed by atoms with Crippen LogP contribution in [0.4, 0.5) is 5.13 Å². The number of thiazole rings is 1. The first-order valence-electron chi connectivity index (χ1n) is 4.51. The molecule has 1 fully saturated rings. The normalized spacial score (nSPS) is 17.2. The topological polar surface area (TPSA) is 48.7 Å². The SMILES string of the molecule is N#Cc1cnc(NC2CCCC2)s1. The van der Waals surface area contributed by atoms with Crippen molar-refractivity contribution in [3.63, 3.8) is 0 Å². The number of hydrogen-bond acceptors (Lipinski definition) is 4. The molecule has 1 N–H and O–H groups in total. The third-order valence-corrected chi connectivity index (χ3v) is 3.13. The Kier molecular flexibility index (Phi) is 2.46. The Morgan fingerprint density at radius 1 is 1.54 bits per heavy atom. The molecule has 1 heterocycles. The van der Waals surface area contributed by atoms with Crippen molar-refractivity contribution < 1.29 is 0 Å². The molecule has 1 aromatic rings. The van der Waals surface area contributed by atoms with Crippen LogP contribution < -0.4 is 5.32 Å². The molecule has 0 saturated heterocycles. The van der Waals surface area contributed by atoms with E-state index in [0.29, 0.717) is 10.9 Å². The molecule has 1 saturated carbocycles. The van der Waals surface area contributed by atoms with E-state index in [9.17, 15) is 0 Å². The lowest BCUT2D eigenvalue weighted by Crippen LogP contribution is -2.13. The first-order chi connectivity index (χ1) is 6.38. The molecule has 0 aromatic carbocycles. The summed E-state index contributed by atoms with van der Waals surface area (Å²) in [5.74, 6) is 0. The monoisotopic (exact) mass is 193 g/mol. The van der Waals surface area contributed by atoms with Crippen LogP contribution in [0.1, 0.15) is 30.6 Å². The Morgan fingerprint density at radius 2 is 2.31 bits per heavy atom. The summed E-state index contributed by atoms with van der Waals surface area (Å²) in [7, 11) is 0. The van der Waals surface area contributed by atoms with Gasteiger partial charge in [0.25, 0.3) is 0 Å². The lowest BCUT2D eigenvalue weighted by Gasteiger charge is -2.08. The van der Waals surface area contributed by atoms with Gasteiger partial charge in [-0.3, -0.25) is 0 Å². The highest BCUT2D eigenvalue weighted by atomic mass is 32.1. The minimum atomic E-state index is 0.581. The zero-order valence-corrected chi connectivity index (χ0v) is 8.10. The molecule has 3 nitrogen and oxygen atoms in total. The standard InChI is InChI=1S/C9H11N3S/c10-5-8-6-11-9(13-8)12-7-3-1-2-4-7/h6-7H,1-4H2,(H,11,12). The predicted molar refractivity (Wildman–Crippen MR) is 52.7 cm³/mol. The Balaban J connectivity index is 1.97. The summed E-state index contributed by atoms with van der Waals surface area (Å²) >= 11 is 1.44. The summed E-state index contributed by atoms with van der Waals surface area (Å²) in [4.78, 5) is 4.82. The maximum absolute atomic E-state index is 8.60. The molecule has 0 bridgehead atoms. The van der Waals surface area contributed by atoms with Crippen molar-refractivity contribution in [2.75, 3.05) is 5.32 Å². The van der Waals surface area contributed by atoms with Crippen molar-refractivity contribution in [2.24, 2.45) is 0 Å². The predicted octanol–water partition coefficient (Wildman–Crippen LogP) is 2.37. The van der Waals surface area contributed by atoms with Gasteiger partial charge in [-0.1, -0.05) is 24.2 Å². The zero-order valence-electron chi connectivity index (χ0n) is 7.29. The summed E-state index contributed by atoms with van der Waals surface area (Å²) in [6.07, 6.45) is 6.73. The van der Waals surface area contributed by atoms with Gasteiger partial charge in [-0.2, -0.15) is 5.26 Å². The molecule has 2 rings (SSSR count).